The molecule has 0 unspecified atom stereocenters. The summed E-state index contributed by atoms with van der Waals surface area (Å²) >= 11 is 0. The summed E-state index contributed by atoms with van der Waals surface area (Å²) in [6.07, 6.45) is 1.16. The summed E-state index contributed by atoms with van der Waals surface area (Å²) in [6, 6.07) is 13.1. The predicted molar refractivity (Wildman–Crippen MR) is 110 cm³/mol. The summed E-state index contributed by atoms with van der Waals surface area (Å²) in [5, 5.41) is 21.3. The molecule has 6 heteroatoms. The molecule has 0 radical (unpaired) electrons. The number of ether oxygens (including phenoxy) is 3. The number of benzene rings is 2. The molecular formula is C23H29NO5. The number of methoxy groups -OCH3 is 2. The van der Waals surface area contributed by atoms with Gasteiger partial charge in [0.05, 0.1) is 26.4 Å². The molecule has 2 N–H and O–H groups in total. The number of likely N-dealkylation sites (tertiary alicyclic amines) is 1. The van der Waals surface area contributed by atoms with Crippen LogP contribution in [0, 0.1) is 0 Å². The highest BCUT2D eigenvalue weighted by atomic mass is 16.5. The Balaban J connectivity index is 1.38. The first-order valence-electron chi connectivity index (χ1n) is 10.1. The van der Waals surface area contributed by atoms with Gasteiger partial charge in [0.2, 0.25) is 0 Å². The minimum Gasteiger partial charge on any atom is -0.497 e. The molecule has 2 heterocycles. The fourth-order valence-corrected chi connectivity index (χ4v) is 4.37. The zero-order valence-corrected chi connectivity index (χ0v) is 17.0. The summed E-state index contributed by atoms with van der Waals surface area (Å²) in [6.45, 7) is 2.22. The average molecular weight is 399 g/mol. The third-order valence-corrected chi connectivity index (χ3v) is 6.17. The lowest BCUT2D eigenvalue weighted by Gasteiger charge is -2.46. The van der Waals surface area contributed by atoms with Crippen molar-refractivity contribution in [3.05, 3.63) is 53.6 Å². The van der Waals surface area contributed by atoms with E-state index in [9.17, 15) is 10.2 Å². The number of aliphatic hydroxyl groups is 2. The van der Waals surface area contributed by atoms with Crippen LogP contribution in [0.2, 0.25) is 0 Å². The van der Waals surface area contributed by atoms with Crippen molar-refractivity contribution in [2.45, 2.75) is 37.1 Å². The van der Waals surface area contributed by atoms with Gasteiger partial charge in [-0.3, -0.25) is 0 Å². The van der Waals surface area contributed by atoms with Gasteiger partial charge in [0.1, 0.15) is 22.8 Å². The zero-order valence-electron chi connectivity index (χ0n) is 17.0. The Kier molecular flexibility index (Phi) is 5.67. The number of fused-ring (bicyclic) bond motifs is 1. The standard InChI is InChI=1S/C23H29NO5/c1-27-17-5-3-16(4-6-17)21(26)15-24-11-9-23(10-12-24)14-20(25)19-8-7-18(28-2)13-22(19)29-23/h3-8,13,20-21,25-26H,9-12,14-15H2,1-2H3/t20-,21-/m0/s1. The van der Waals surface area contributed by atoms with Gasteiger partial charge in [0.15, 0.2) is 0 Å². The number of β-amino-alcohol motifs (C(OH)–C–C–N with tert-alkyl or cyclic N) is 1. The van der Waals surface area contributed by atoms with Gasteiger partial charge < -0.3 is 29.3 Å². The van der Waals surface area contributed by atoms with E-state index in [4.69, 9.17) is 14.2 Å². The fourth-order valence-electron chi connectivity index (χ4n) is 4.37. The summed E-state index contributed by atoms with van der Waals surface area (Å²) in [5.41, 5.74) is 1.35. The minimum absolute atomic E-state index is 0.361. The highest BCUT2D eigenvalue weighted by molar-refractivity contribution is 5.44. The Labute approximate surface area is 171 Å². The van der Waals surface area contributed by atoms with E-state index >= 15 is 0 Å². The molecule has 0 bridgehead atoms. The van der Waals surface area contributed by atoms with Crippen LogP contribution in [0.5, 0.6) is 17.2 Å². The van der Waals surface area contributed by atoms with Crippen molar-refractivity contribution >= 4 is 0 Å². The van der Waals surface area contributed by atoms with Gasteiger partial charge in [-0.05, 0) is 42.7 Å². The van der Waals surface area contributed by atoms with E-state index in [1.807, 2.05) is 42.5 Å². The molecular weight excluding hydrogens is 370 g/mol. The van der Waals surface area contributed by atoms with E-state index in [0.717, 1.165) is 54.3 Å². The molecule has 2 aromatic carbocycles. The second-order valence-electron chi connectivity index (χ2n) is 8.00. The van der Waals surface area contributed by atoms with Gasteiger partial charge in [0, 0.05) is 37.7 Å². The minimum atomic E-state index is -0.544. The Morgan fingerprint density at radius 2 is 1.72 bits per heavy atom. The third kappa shape index (κ3) is 4.20. The zero-order chi connectivity index (χ0) is 20.4. The van der Waals surface area contributed by atoms with E-state index in [0.29, 0.717) is 13.0 Å². The van der Waals surface area contributed by atoms with E-state index in [1.54, 1.807) is 14.2 Å². The normalized spacial score (nSPS) is 21.9. The van der Waals surface area contributed by atoms with Crippen LogP contribution in [0.1, 0.15) is 42.6 Å². The van der Waals surface area contributed by atoms with Crippen molar-refractivity contribution in [2.24, 2.45) is 0 Å². The van der Waals surface area contributed by atoms with E-state index in [1.165, 1.54) is 0 Å². The Morgan fingerprint density at radius 1 is 1.07 bits per heavy atom. The Hall–Kier alpha value is -2.28. The Morgan fingerprint density at radius 3 is 2.38 bits per heavy atom. The fraction of sp³-hybridized carbons (Fsp3) is 0.478. The van der Waals surface area contributed by atoms with Crippen molar-refractivity contribution < 1.29 is 24.4 Å². The molecule has 1 saturated heterocycles. The van der Waals surface area contributed by atoms with Crippen molar-refractivity contribution in [3.8, 4) is 17.2 Å². The largest absolute Gasteiger partial charge is 0.497 e. The second-order valence-corrected chi connectivity index (χ2v) is 8.00. The SMILES string of the molecule is COc1ccc([C@@H](O)CN2CCC3(CC2)C[C@H](O)c2ccc(OC)cc2O3)cc1. The van der Waals surface area contributed by atoms with Gasteiger partial charge in [-0.1, -0.05) is 12.1 Å². The van der Waals surface area contributed by atoms with Crippen LogP contribution in [0.15, 0.2) is 42.5 Å². The first-order valence-corrected chi connectivity index (χ1v) is 10.1. The molecule has 6 nitrogen and oxygen atoms in total. The monoisotopic (exact) mass is 399 g/mol. The molecule has 0 amide bonds. The topological polar surface area (TPSA) is 71.4 Å². The van der Waals surface area contributed by atoms with Gasteiger partial charge in [-0.2, -0.15) is 0 Å². The van der Waals surface area contributed by atoms with Crippen molar-refractivity contribution in [3.63, 3.8) is 0 Å². The summed E-state index contributed by atoms with van der Waals surface area (Å²) in [4.78, 5) is 2.26. The number of hydrogen-bond acceptors (Lipinski definition) is 6. The number of hydrogen-bond donors (Lipinski definition) is 2. The van der Waals surface area contributed by atoms with Gasteiger partial charge in [-0.15, -0.1) is 0 Å². The molecule has 2 aliphatic heterocycles. The molecule has 4 rings (SSSR count). The van der Waals surface area contributed by atoms with Crippen LogP contribution in [-0.2, 0) is 0 Å². The van der Waals surface area contributed by atoms with Gasteiger partial charge in [-0.25, -0.2) is 0 Å². The molecule has 0 saturated carbocycles. The second kappa shape index (κ2) is 8.22. The van der Waals surface area contributed by atoms with Crippen molar-refractivity contribution in [2.75, 3.05) is 33.9 Å². The lowest BCUT2D eigenvalue weighted by atomic mass is 9.81. The van der Waals surface area contributed by atoms with Crippen molar-refractivity contribution in [1.29, 1.82) is 0 Å². The first kappa shape index (κ1) is 20.0. The van der Waals surface area contributed by atoms with Gasteiger partial charge in [0.25, 0.3) is 0 Å². The quantitative estimate of drug-likeness (QED) is 0.805. The molecule has 156 valence electrons. The summed E-state index contributed by atoms with van der Waals surface area (Å²) < 4.78 is 16.9. The van der Waals surface area contributed by atoms with Crippen LogP contribution in [0.25, 0.3) is 0 Å². The van der Waals surface area contributed by atoms with E-state index in [2.05, 4.69) is 4.90 Å². The molecule has 2 aromatic rings. The summed E-state index contributed by atoms with van der Waals surface area (Å²) in [7, 11) is 3.26. The number of piperidine rings is 1. The van der Waals surface area contributed by atoms with E-state index < -0.39 is 12.2 Å². The lowest BCUT2D eigenvalue weighted by Crippen LogP contribution is -2.51. The van der Waals surface area contributed by atoms with E-state index in [-0.39, 0.29) is 5.60 Å². The molecule has 0 aliphatic carbocycles. The maximum absolute atomic E-state index is 10.7. The molecule has 2 aliphatic rings. The number of aliphatic hydroxyl groups excluding tert-OH is 2. The maximum atomic E-state index is 10.7. The smallest absolute Gasteiger partial charge is 0.129 e. The van der Waals surface area contributed by atoms with Crippen LogP contribution < -0.4 is 14.2 Å². The molecule has 29 heavy (non-hydrogen) atoms. The third-order valence-electron chi connectivity index (χ3n) is 6.17. The number of rotatable bonds is 5. The molecule has 2 atom stereocenters. The number of nitrogens with zero attached hydrogens (tertiary/aromatic N) is 1. The molecule has 1 fully saturated rings. The first-order chi connectivity index (χ1) is 14.0. The lowest BCUT2D eigenvalue weighted by molar-refractivity contribution is -0.0588. The average Bonchev–Trinajstić information content (AvgIpc) is 2.75. The highest BCUT2D eigenvalue weighted by Gasteiger charge is 2.43. The van der Waals surface area contributed by atoms with Crippen LogP contribution in [-0.4, -0.2) is 54.6 Å². The van der Waals surface area contributed by atoms with Crippen LogP contribution >= 0.6 is 0 Å². The molecule has 0 aromatic heterocycles. The highest BCUT2D eigenvalue weighted by Crippen LogP contribution is 2.45. The van der Waals surface area contributed by atoms with Gasteiger partial charge >= 0.3 is 0 Å². The van der Waals surface area contributed by atoms with Crippen molar-refractivity contribution in [1.82, 2.24) is 4.90 Å². The molecule has 1 spiro atoms. The Bertz CT molecular complexity index is 830. The van der Waals surface area contributed by atoms with Crippen LogP contribution in [0.4, 0.5) is 0 Å². The summed E-state index contributed by atoms with van der Waals surface area (Å²) in [5.74, 6) is 2.23. The van der Waals surface area contributed by atoms with Crippen LogP contribution in [0.3, 0.4) is 0 Å². The predicted octanol–water partition coefficient (Wildman–Crippen LogP) is 3.09. The maximum Gasteiger partial charge on any atom is 0.129 e.